The molecule has 0 aliphatic heterocycles. The third-order valence-electron chi connectivity index (χ3n) is 3.10. The molecule has 1 aromatic carbocycles. The van der Waals surface area contributed by atoms with Gasteiger partial charge in [0.15, 0.2) is 16.3 Å². The molecule has 2 amide bonds. The number of carbonyl (C=O) groups excluding carboxylic acids is 2. The van der Waals surface area contributed by atoms with Gasteiger partial charge in [-0.2, -0.15) is 0 Å². The number of aromatic amines is 2. The summed E-state index contributed by atoms with van der Waals surface area (Å²) in [5.74, 6) is -0.336. The van der Waals surface area contributed by atoms with Crippen LogP contribution in [0.2, 0.25) is 0 Å². The van der Waals surface area contributed by atoms with Crippen molar-refractivity contribution in [3.05, 3.63) is 40.9 Å². The normalized spacial score (nSPS) is 10.6. The van der Waals surface area contributed by atoms with Crippen LogP contribution in [0.3, 0.4) is 0 Å². The predicted octanol–water partition coefficient (Wildman–Crippen LogP) is 1.34. The lowest BCUT2D eigenvalue weighted by Crippen LogP contribution is -2.15. The molecule has 0 fully saturated rings. The Bertz CT molecular complexity index is 979. The summed E-state index contributed by atoms with van der Waals surface area (Å²) in [7, 11) is 0. The van der Waals surface area contributed by atoms with Gasteiger partial charge in [-0.15, -0.1) is 0 Å². The van der Waals surface area contributed by atoms with Gasteiger partial charge < -0.3 is 15.6 Å². The Balaban J connectivity index is 1.58. The highest BCUT2D eigenvalue weighted by Crippen LogP contribution is 2.16. The Morgan fingerprint density at radius 1 is 1.16 bits per heavy atom. The van der Waals surface area contributed by atoms with E-state index in [1.54, 1.807) is 24.3 Å². The van der Waals surface area contributed by atoms with Crippen LogP contribution < -0.4 is 16.2 Å². The summed E-state index contributed by atoms with van der Waals surface area (Å²) >= 11 is 1.10. The zero-order valence-electron chi connectivity index (χ0n) is 13.1. The molecule has 2 aromatic heterocycles. The minimum absolute atomic E-state index is 0.0757. The average molecular weight is 358 g/mol. The SMILES string of the molecule is CC(=O)Nc1ccc(NC(=O)CSc2nc3nc[nH]c3c(=O)[nH]2)cc1. The largest absolute Gasteiger partial charge is 0.339 e. The first-order chi connectivity index (χ1) is 12.0. The van der Waals surface area contributed by atoms with Gasteiger partial charge in [0, 0.05) is 18.3 Å². The molecule has 10 heteroatoms. The van der Waals surface area contributed by atoms with E-state index in [0.29, 0.717) is 27.7 Å². The summed E-state index contributed by atoms with van der Waals surface area (Å²) in [4.78, 5) is 48.1. The number of H-pyrrole nitrogens is 2. The molecule has 0 saturated carbocycles. The van der Waals surface area contributed by atoms with Crippen LogP contribution >= 0.6 is 11.8 Å². The molecule has 0 radical (unpaired) electrons. The van der Waals surface area contributed by atoms with Crippen LogP contribution in [0.25, 0.3) is 11.2 Å². The van der Waals surface area contributed by atoms with E-state index in [1.165, 1.54) is 13.3 Å². The molecule has 25 heavy (non-hydrogen) atoms. The van der Waals surface area contributed by atoms with Gasteiger partial charge in [0.2, 0.25) is 11.8 Å². The predicted molar refractivity (Wildman–Crippen MR) is 94.6 cm³/mol. The van der Waals surface area contributed by atoms with Gasteiger partial charge in [-0.25, -0.2) is 9.97 Å². The Morgan fingerprint density at radius 3 is 2.52 bits per heavy atom. The van der Waals surface area contributed by atoms with Crippen molar-refractivity contribution < 1.29 is 9.59 Å². The molecule has 0 spiro atoms. The van der Waals surface area contributed by atoms with Crippen molar-refractivity contribution in [3.63, 3.8) is 0 Å². The lowest BCUT2D eigenvalue weighted by molar-refractivity contribution is -0.114. The molecule has 0 saturated heterocycles. The number of thioether (sulfide) groups is 1. The number of anilines is 2. The van der Waals surface area contributed by atoms with Gasteiger partial charge >= 0.3 is 0 Å². The zero-order valence-corrected chi connectivity index (χ0v) is 13.9. The first kappa shape index (κ1) is 16.7. The Labute approximate surface area is 145 Å². The number of benzene rings is 1. The van der Waals surface area contributed by atoms with E-state index in [-0.39, 0.29) is 23.1 Å². The molecular formula is C15H14N6O3S. The molecule has 4 N–H and O–H groups in total. The lowest BCUT2D eigenvalue weighted by Gasteiger charge is -2.06. The molecule has 3 rings (SSSR count). The van der Waals surface area contributed by atoms with Crippen LogP contribution in [0.15, 0.2) is 40.5 Å². The molecule has 0 atom stereocenters. The second kappa shape index (κ2) is 7.18. The number of nitrogens with one attached hydrogen (secondary N) is 4. The summed E-state index contributed by atoms with van der Waals surface area (Å²) in [6.45, 7) is 1.42. The molecule has 2 heterocycles. The molecule has 0 aliphatic rings. The molecular weight excluding hydrogens is 344 g/mol. The van der Waals surface area contributed by atoms with Crippen LogP contribution in [0, 0.1) is 0 Å². The van der Waals surface area contributed by atoms with E-state index in [4.69, 9.17) is 0 Å². The maximum Gasteiger partial charge on any atom is 0.277 e. The smallest absolute Gasteiger partial charge is 0.277 e. The topological polar surface area (TPSA) is 133 Å². The van der Waals surface area contributed by atoms with Gasteiger partial charge in [-0.05, 0) is 24.3 Å². The lowest BCUT2D eigenvalue weighted by atomic mass is 10.3. The number of fused-ring (bicyclic) bond motifs is 1. The fourth-order valence-electron chi connectivity index (χ4n) is 2.06. The number of imidazole rings is 1. The second-order valence-corrected chi connectivity index (χ2v) is 6.03. The van der Waals surface area contributed by atoms with E-state index in [1.807, 2.05) is 0 Å². The fraction of sp³-hybridized carbons (Fsp3) is 0.133. The number of rotatable bonds is 5. The monoisotopic (exact) mass is 358 g/mol. The highest BCUT2D eigenvalue weighted by molar-refractivity contribution is 7.99. The van der Waals surface area contributed by atoms with Crippen molar-refractivity contribution in [2.45, 2.75) is 12.1 Å². The Kier molecular flexibility index (Phi) is 4.80. The van der Waals surface area contributed by atoms with Crippen LogP contribution in [-0.4, -0.2) is 37.5 Å². The van der Waals surface area contributed by atoms with Gasteiger partial charge in [-0.1, -0.05) is 11.8 Å². The van der Waals surface area contributed by atoms with Crippen LogP contribution in [0.5, 0.6) is 0 Å². The number of hydrogen-bond acceptors (Lipinski definition) is 6. The van der Waals surface area contributed by atoms with Crippen molar-refractivity contribution in [1.82, 2.24) is 19.9 Å². The maximum atomic E-state index is 12.0. The quantitative estimate of drug-likeness (QED) is 0.402. The van der Waals surface area contributed by atoms with Gasteiger partial charge in [0.05, 0.1) is 12.1 Å². The molecule has 0 unspecified atom stereocenters. The number of hydrogen-bond donors (Lipinski definition) is 4. The van der Waals surface area contributed by atoms with Crippen LogP contribution in [-0.2, 0) is 9.59 Å². The number of aromatic nitrogens is 4. The molecule has 3 aromatic rings. The van der Waals surface area contributed by atoms with Crippen molar-refractivity contribution in [1.29, 1.82) is 0 Å². The number of carbonyl (C=O) groups is 2. The summed E-state index contributed by atoms with van der Waals surface area (Å²) in [6, 6.07) is 6.75. The first-order valence-corrected chi connectivity index (χ1v) is 8.23. The number of amides is 2. The fourth-order valence-corrected chi connectivity index (χ4v) is 2.72. The number of nitrogens with zero attached hydrogens (tertiary/aromatic N) is 2. The van der Waals surface area contributed by atoms with Crippen molar-refractivity contribution >= 4 is 46.1 Å². The summed E-state index contributed by atoms with van der Waals surface area (Å²) in [5.41, 5.74) is 1.52. The van der Waals surface area contributed by atoms with Gasteiger partial charge in [0.1, 0.15) is 0 Å². The molecule has 0 bridgehead atoms. The van der Waals surface area contributed by atoms with Crippen LogP contribution in [0.4, 0.5) is 11.4 Å². The standard InChI is InChI=1S/C15H14N6O3S/c1-8(22)18-9-2-4-10(5-3-9)19-11(23)6-25-15-20-13-12(14(24)21-15)16-7-17-13/h2-5,7H,6H2,1H3,(H,18,22)(H,19,23)(H2,16,17,20,21,24). The van der Waals surface area contributed by atoms with Crippen molar-refractivity contribution in [2.75, 3.05) is 16.4 Å². The van der Waals surface area contributed by atoms with Gasteiger partial charge in [0.25, 0.3) is 5.56 Å². The molecule has 9 nitrogen and oxygen atoms in total. The third kappa shape index (κ3) is 4.23. The third-order valence-corrected chi connectivity index (χ3v) is 3.98. The maximum absolute atomic E-state index is 12.0. The highest BCUT2D eigenvalue weighted by Gasteiger charge is 2.09. The Morgan fingerprint density at radius 2 is 1.84 bits per heavy atom. The van der Waals surface area contributed by atoms with E-state index in [9.17, 15) is 14.4 Å². The summed E-state index contributed by atoms with van der Waals surface area (Å²) in [5, 5.41) is 5.69. The molecule has 0 aliphatic carbocycles. The summed E-state index contributed by atoms with van der Waals surface area (Å²) < 4.78 is 0. The van der Waals surface area contributed by atoms with E-state index < -0.39 is 0 Å². The summed E-state index contributed by atoms with van der Waals surface area (Å²) in [6.07, 6.45) is 1.39. The highest BCUT2D eigenvalue weighted by atomic mass is 32.2. The first-order valence-electron chi connectivity index (χ1n) is 7.25. The minimum Gasteiger partial charge on any atom is -0.339 e. The van der Waals surface area contributed by atoms with E-state index in [2.05, 4.69) is 30.6 Å². The van der Waals surface area contributed by atoms with E-state index in [0.717, 1.165) is 11.8 Å². The van der Waals surface area contributed by atoms with Gasteiger partial charge in [-0.3, -0.25) is 19.4 Å². The second-order valence-electron chi connectivity index (χ2n) is 5.07. The van der Waals surface area contributed by atoms with Crippen molar-refractivity contribution in [3.8, 4) is 0 Å². The zero-order chi connectivity index (χ0) is 17.8. The molecule has 128 valence electrons. The van der Waals surface area contributed by atoms with E-state index >= 15 is 0 Å². The van der Waals surface area contributed by atoms with Crippen LogP contribution in [0.1, 0.15) is 6.92 Å². The average Bonchev–Trinajstić information content (AvgIpc) is 3.03. The Hall–Kier alpha value is -3.14. The van der Waals surface area contributed by atoms with Crippen molar-refractivity contribution in [2.24, 2.45) is 0 Å². The minimum atomic E-state index is -0.334.